The number of nitrogens with one attached hydrogen (secondary N) is 1. The summed E-state index contributed by atoms with van der Waals surface area (Å²) in [5, 5.41) is 3.11. The summed E-state index contributed by atoms with van der Waals surface area (Å²) in [5.41, 5.74) is -0.518. The number of hydrogen-bond donors (Lipinski definition) is 1. The van der Waals surface area contributed by atoms with Gasteiger partial charge in [0.15, 0.2) is 0 Å². The number of aromatic nitrogens is 1. The maximum Gasteiger partial charge on any atom is 0.417 e. The predicted octanol–water partition coefficient (Wildman–Crippen LogP) is 3.05. The highest BCUT2D eigenvalue weighted by Gasteiger charge is 2.31. The zero-order valence-electron chi connectivity index (χ0n) is 9.84. The van der Waals surface area contributed by atoms with Crippen molar-refractivity contribution in [2.24, 2.45) is 0 Å². The van der Waals surface area contributed by atoms with Crippen molar-refractivity contribution in [1.82, 2.24) is 10.3 Å². The Hall–Kier alpha value is -0.560. The van der Waals surface area contributed by atoms with E-state index >= 15 is 0 Å². The van der Waals surface area contributed by atoms with E-state index in [0.717, 1.165) is 31.8 Å². The van der Waals surface area contributed by atoms with Gasteiger partial charge in [-0.3, -0.25) is 4.98 Å². The Morgan fingerprint density at radius 3 is 2.74 bits per heavy atom. The van der Waals surface area contributed by atoms with E-state index in [1.807, 2.05) is 0 Å². The molecule has 0 radical (unpaired) electrons. The molecule has 0 aliphatic carbocycles. The summed E-state index contributed by atoms with van der Waals surface area (Å²) >= 11 is 5.76. The largest absolute Gasteiger partial charge is 0.417 e. The third kappa shape index (κ3) is 4.49. The van der Waals surface area contributed by atoms with Gasteiger partial charge >= 0.3 is 6.18 Å². The van der Waals surface area contributed by atoms with E-state index in [-0.39, 0.29) is 30.1 Å². The number of pyridine rings is 1. The molecule has 1 aromatic heterocycles. The Labute approximate surface area is 119 Å². The lowest BCUT2D eigenvalue weighted by Crippen LogP contribution is -2.17. The molecule has 1 saturated heterocycles. The normalized spacial score (nSPS) is 19.3. The van der Waals surface area contributed by atoms with Gasteiger partial charge in [0.2, 0.25) is 0 Å². The van der Waals surface area contributed by atoms with Crippen LogP contribution in [-0.4, -0.2) is 24.2 Å². The van der Waals surface area contributed by atoms with Crippen molar-refractivity contribution in [3.05, 3.63) is 28.5 Å². The second-order valence-corrected chi connectivity index (χ2v) is 4.48. The molecule has 1 N–H and O–H groups in total. The topological polar surface area (TPSA) is 34.1 Å². The van der Waals surface area contributed by atoms with E-state index in [0.29, 0.717) is 5.69 Å². The molecule has 1 atom stereocenters. The van der Waals surface area contributed by atoms with Gasteiger partial charge in [0, 0.05) is 12.7 Å². The van der Waals surface area contributed by atoms with Gasteiger partial charge in [-0.1, -0.05) is 11.6 Å². The number of halogens is 5. The molecule has 1 aromatic rings. The second kappa shape index (κ2) is 6.74. The molecule has 1 aliphatic rings. The fourth-order valence-corrected chi connectivity index (χ4v) is 1.92. The smallest absolute Gasteiger partial charge is 0.370 e. The minimum absolute atomic E-state index is 0. The van der Waals surface area contributed by atoms with Gasteiger partial charge in [-0.25, -0.2) is 0 Å². The molecule has 3 nitrogen and oxygen atoms in total. The van der Waals surface area contributed by atoms with Crippen molar-refractivity contribution >= 4 is 24.0 Å². The molecule has 19 heavy (non-hydrogen) atoms. The Morgan fingerprint density at radius 2 is 2.21 bits per heavy atom. The quantitative estimate of drug-likeness (QED) is 0.930. The highest BCUT2D eigenvalue weighted by molar-refractivity contribution is 6.31. The maximum atomic E-state index is 12.4. The molecule has 0 aromatic carbocycles. The number of hydrogen-bond acceptors (Lipinski definition) is 3. The first-order valence-corrected chi connectivity index (χ1v) is 5.88. The van der Waals surface area contributed by atoms with Crippen LogP contribution in [0.1, 0.15) is 17.7 Å². The van der Waals surface area contributed by atoms with E-state index in [1.54, 1.807) is 0 Å². The van der Waals surface area contributed by atoms with Crippen molar-refractivity contribution < 1.29 is 17.9 Å². The Balaban J connectivity index is 0.00000180. The zero-order valence-corrected chi connectivity index (χ0v) is 11.4. The van der Waals surface area contributed by atoms with Crippen LogP contribution in [-0.2, 0) is 17.5 Å². The van der Waals surface area contributed by atoms with Crippen LogP contribution in [0.4, 0.5) is 13.2 Å². The minimum Gasteiger partial charge on any atom is -0.370 e. The molecular weight excluding hydrogens is 304 g/mol. The van der Waals surface area contributed by atoms with E-state index in [2.05, 4.69) is 10.3 Å². The van der Waals surface area contributed by atoms with Crippen LogP contribution >= 0.6 is 24.0 Å². The van der Waals surface area contributed by atoms with Crippen LogP contribution in [0.2, 0.25) is 5.02 Å². The van der Waals surface area contributed by atoms with E-state index in [1.165, 1.54) is 0 Å². The molecular formula is C11H13Cl2F3N2O. The summed E-state index contributed by atoms with van der Waals surface area (Å²) < 4.78 is 42.7. The maximum absolute atomic E-state index is 12.4. The van der Waals surface area contributed by atoms with Gasteiger partial charge < -0.3 is 10.1 Å². The summed E-state index contributed by atoms with van der Waals surface area (Å²) in [5.74, 6) is 0. The molecule has 8 heteroatoms. The SMILES string of the molecule is Cl.FC(F)(F)c1cnc(COC2CCNC2)c(Cl)c1. The summed E-state index contributed by atoms with van der Waals surface area (Å²) in [6.07, 6.45) is -2.69. The highest BCUT2D eigenvalue weighted by Crippen LogP contribution is 2.31. The molecule has 0 bridgehead atoms. The van der Waals surface area contributed by atoms with Gasteiger partial charge in [-0.15, -0.1) is 12.4 Å². The molecule has 0 saturated carbocycles. The molecule has 2 rings (SSSR count). The Bertz CT molecular complexity index is 423. The monoisotopic (exact) mass is 316 g/mol. The summed E-state index contributed by atoms with van der Waals surface area (Å²) in [7, 11) is 0. The standard InChI is InChI=1S/C11H12ClF3N2O.ClH/c12-9-3-7(11(13,14)15)4-17-10(9)6-18-8-1-2-16-5-8;/h3-4,8,16H,1-2,5-6H2;1H. The lowest BCUT2D eigenvalue weighted by Gasteiger charge is -2.12. The number of alkyl halides is 3. The van der Waals surface area contributed by atoms with Crippen molar-refractivity contribution in [3.8, 4) is 0 Å². The molecule has 0 spiro atoms. The first kappa shape index (κ1) is 16.5. The first-order valence-electron chi connectivity index (χ1n) is 5.51. The van der Waals surface area contributed by atoms with Gasteiger partial charge in [-0.2, -0.15) is 13.2 Å². The van der Waals surface area contributed by atoms with E-state index in [9.17, 15) is 13.2 Å². The summed E-state index contributed by atoms with van der Waals surface area (Å²) in [6, 6.07) is 0.875. The molecule has 108 valence electrons. The highest BCUT2D eigenvalue weighted by atomic mass is 35.5. The number of rotatable bonds is 3. The third-order valence-corrected chi connectivity index (χ3v) is 3.04. The summed E-state index contributed by atoms with van der Waals surface area (Å²) in [6.45, 7) is 1.76. The first-order chi connectivity index (χ1) is 8.47. The molecule has 1 aliphatic heterocycles. The number of nitrogens with zero attached hydrogens (tertiary/aromatic N) is 1. The fraction of sp³-hybridized carbons (Fsp3) is 0.545. The van der Waals surface area contributed by atoms with Gasteiger partial charge in [-0.05, 0) is 19.0 Å². The van der Waals surface area contributed by atoms with Crippen LogP contribution in [0.5, 0.6) is 0 Å². The molecule has 2 heterocycles. The van der Waals surface area contributed by atoms with Gasteiger partial charge in [0.05, 0.1) is 29.0 Å². The Kier molecular flexibility index (Phi) is 5.85. The van der Waals surface area contributed by atoms with Crippen LogP contribution in [0.3, 0.4) is 0 Å². The average molecular weight is 317 g/mol. The average Bonchev–Trinajstić information content (AvgIpc) is 2.79. The van der Waals surface area contributed by atoms with Gasteiger partial charge in [0.25, 0.3) is 0 Å². The van der Waals surface area contributed by atoms with Crippen LogP contribution in [0.25, 0.3) is 0 Å². The second-order valence-electron chi connectivity index (χ2n) is 4.08. The molecule has 0 amide bonds. The van der Waals surface area contributed by atoms with Crippen molar-refractivity contribution in [1.29, 1.82) is 0 Å². The van der Waals surface area contributed by atoms with Crippen molar-refractivity contribution in [2.45, 2.75) is 25.3 Å². The van der Waals surface area contributed by atoms with Gasteiger partial charge in [0.1, 0.15) is 0 Å². The van der Waals surface area contributed by atoms with Crippen molar-refractivity contribution in [3.63, 3.8) is 0 Å². The zero-order chi connectivity index (χ0) is 13.2. The molecule has 1 fully saturated rings. The van der Waals surface area contributed by atoms with E-state index in [4.69, 9.17) is 16.3 Å². The third-order valence-electron chi connectivity index (χ3n) is 2.72. The van der Waals surface area contributed by atoms with Crippen molar-refractivity contribution in [2.75, 3.05) is 13.1 Å². The minimum atomic E-state index is -4.43. The fourth-order valence-electron chi connectivity index (χ4n) is 1.69. The predicted molar refractivity (Wildman–Crippen MR) is 67.6 cm³/mol. The van der Waals surface area contributed by atoms with Crippen LogP contribution < -0.4 is 5.32 Å². The summed E-state index contributed by atoms with van der Waals surface area (Å²) in [4.78, 5) is 3.71. The number of ether oxygens (including phenoxy) is 1. The van der Waals surface area contributed by atoms with Crippen LogP contribution in [0.15, 0.2) is 12.3 Å². The Morgan fingerprint density at radius 1 is 1.47 bits per heavy atom. The van der Waals surface area contributed by atoms with E-state index < -0.39 is 11.7 Å². The lowest BCUT2D eigenvalue weighted by atomic mass is 10.2. The van der Waals surface area contributed by atoms with Crippen LogP contribution in [0, 0.1) is 0 Å². The molecule has 1 unspecified atom stereocenters. The lowest BCUT2D eigenvalue weighted by molar-refractivity contribution is -0.137.